The third-order valence-electron chi connectivity index (χ3n) is 3.94. The largest absolute Gasteiger partial charge is 0.508 e. The van der Waals surface area contributed by atoms with Gasteiger partial charge in [0.25, 0.3) is 0 Å². The SMILES string of the molecule is CCCc1cc(Cl)c(Cc2ccc(O)c(C(C)C)c2)c(Cl)c1F. The van der Waals surface area contributed by atoms with E-state index in [9.17, 15) is 9.50 Å². The number of aryl methyl sites for hydroxylation is 1. The highest BCUT2D eigenvalue weighted by atomic mass is 35.5. The number of hydrogen-bond donors (Lipinski definition) is 1. The number of halogens is 3. The minimum absolute atomic E-state index is 0.0973. The van der Waals surface area contributed by atoms with Crippen LogP contribution in [0.3, 0.4) is 0 Å². The van der Waals surface area contributed by atoms with Gasteiger partial charge < -0.3 is 5.11 Å². The van der Waals surface area contributed by atoms with E-state index in [4.69, 9.17) is 23.2 Å². The Morgan fingerprint density at radius 3 is 2.48 bits per heavy atom. The van der Waals surface area contributed by atoms with Crippen molar-refractivity contribution in [3.05, 3.63) is 62.4 Å². The average Bonchev–Trinajstić information content (AvgIpc) is 2.50. The quantitative estimate of drug-likeness (QED) is 0.607. The molecule has 0 saturated carbocycles. The summed E-state index contributed by atoms with van der Waals surface area (Å²) in [6.45, 7) is 6.01. The molecule has 4 heteroatoms. The Balaban J connectivity index is 2.41. The van der Waals surface area contributed by atoms with Crippen LogP contribution in [0.1, 0.15) is 55.4 Å². The summed E-state index contributed by atoms with van der Waals surface area (Å²) in [5, 5.41) is 10.5. The maximum Gasteiger partial charge on any atom is 0.145 e. The molecule has 2 rings (SSSR count). The van der Waals surface area contributed by atoms with Gasteiger partial charge in [-0.05, 0) is 46.7 Å². The van der Waals surface area contributed by atoms with Gasteiger partial charge in [0.05, 0.1) is 5.02 Å². The summed E-state index contributed by atoms with van der Waals surface area (Å²) < 4.78 is 14.4. The van der Waals surface area contributed by atoms with Crippen LogP contribution in [0.4, 0.5) is 4.39 Å². The third-order valence-corrected chi connectivity index (χ3v) is 4.67. The number of phenols is 1. The van der Waals surface area contributed by atoms with Gasteiger partial charge in [-0.3, -0.25) is 0 Å². The first-order valence-electron chi connectivity index (χ1n) is 7.82. The van der Waals surface area contributed by atoms with E-state index in [2.05, 4.69) is 0 Å². The van der Waals surface area contributed by atoms with Gasteiger partial charge in [-0.2, -0.15) is 0 Å². The van der Waals surface area contributed by atoms with Gasteiger partial charge in [-0.1, -0.05) is 62.5 Å². The molecule has 0 aliphatic heterocycles. The van der Waals surface area contributed by atoms with E-state index in [0.717, 1.165) is 17.5 Å². The maximum absolute atomic E-state index is 14.4. The van der Waals surface area contributed by atoms with Gasteiger partial charge in [-0.25, -0.2) is 4.39 Å². The summed E-state index contributed by atoms with van der Waals surface area (Å²) in [5.74, 6) is 0.0887. The molecule has 0 radical (unpaired) electrons. The fraction of sp³-hybridized carbons (Fsp3) is 0.368. The zero-order valence-corrected chi connectivity index (χ0v) is 15.1. The normalized spacial score (nSPS) is 11.3. The van der Waals surface area contributed by atoms with Crippen molar-refractivity contribution in [3.8, 4) is 5.75 Å². The second kappa shape index (κ2) is 7.55. The highest BCUT2D eigenvalue weighted by Crippen LogP contribution is 2.34. The van der Waals surface area contributed by atoms with Crippen LogP contribution in [0.25, 0.3) is 0 Å². The van der Waals surface area contributed by atoms with Crippen molar-refractivity contribution in [1.82, 2.24) is 0 Å². The summed E-state index contributed by atoms with van der Waals surface area (Å²) in [6.07, 6.45) is 1.88. The van der Waals surface area contributed by atoms with Crippen molar-refractivity contribution in [1.29, 1.82) is 0 Å². The Bertz CT molecular complexity index is 711. The molecule has 1 nitrogen and oxygen atoms in total. The molecule has 2 aromatic carbocycles. The highest BCUT2D eigenvalue weighted by Gasteiger charge is 2.17. The Kier molecular flexibility index (Phi) is 5.94. The van der Waals surface area contributed by atoms with Gasteiger partial charge in [0.1, 0.15) is 11.6 Å². The lowest BCUT2D eigenvalue weighted by atomic mass is 9.96. The van der Waals surface area contributed by atoms with E-state index in [0.29, 0.717) is 29.0 Å². The van der Waals surface area contributed by atoms with E-state index in [1.54, 1.807) is 12.1 Å². The molecular weight excluding hydrogens is 334 g/mol. The Morgan fingerprint density at radius 2 is 1.87 bits per heavy atom. The van der Waals surface area contributed by atoms with E-state index < -0.39 is 0 Å². The highest BCUT2D eigenvalue weighted by molar-refractivity contribution is 6.36. The van der Waals surface area contributed by atoms with Gasteiger partial charge in [0.2, 0.25) is 0 Å². The fourth-order valence-corrected chi connectivity index (χ4v) is 3.31. The molecule has 0 unspecified atom stereocenters. The van der Waals surface area contributed by atoms with Gasteiger partial charge in [0.15, 0.2) is 0 Å². The number of phenolic OH excluding ortho intramolecular Hbond substituents is 1. The van der Waals surface area contributed by atoms with Crippen molar-refractivity contribution in [3.63, 3.8) is 0 Å². The summed E-state index contributed by atoms with van der Waals surface area (Å²) >= 11 is 12.5. The van der Waals surface area contributed by atoms with Crippen LogP contribution < -0.4 is 0 Å². The van der Waals surface area contributed by atoms with Crippen molar-refractivity contribution in [2.75, 3.05) is 0 Å². The Morgan fingerprint density at radius 1 is 1.17 bits per heavy atom. The average molecular weight is 355 g/mol. The van der Waals surface area contributed by atoms with Crippen LogP contribution in [0.15, 0.2) is 24.3 Å². The molecule has 23 heavy (non-hydrogen) atoms. The van der Waals surface area contributed by atoms with Crippen LogP contribution in [-0.2, 0) is 12.8 Å². The minimum atomic E-state index is -0.379. The topological polar surface area (TPSA) is 20.2 Å². The molecule has 0 aromatic heterocycles. The first-order valence-corrected chi connectivity index (χ1v) is 8.57. The third kappa shape index (κ3) is 3.99. The minimum Gasteiger partial charge on any atom is -0.508 e. The number of hydrogen-bond acceptors (Lipinski definition) is 1. The first-order chi connectivity index (χ1) is 10.8. The summed E-state index contributed by atoms with van der Waals surface area (Å²) in [5.41, 5.74) is 2.95. The van der Waals surface area contributed by atoms with Crippen molar-refractivity contribution in [2.45, 2.75) is 46.0 Å². The van der Waals surface area contributed by atoms with Gasteiger partial charge in [-0.15, -0.1) is 0 Å². The molecule has 0 atom stereocenters. The molecular formula is C19H21Cl2FO. The van der Waals surface area contributed by atoms with Gasteiger partial charge in [0, 0.05) is 11.4 Å². The number of benzene rings is 2. The molecule has 0 aliphatic carbocycles. The second-order valence-corrected chi connectivity index (χ2v) is 6.88. The van der Waals surface area contributed by atoms with Crippen LogP contribution in [-0.4, -0.2) is 5.11 Å². The maximum atomic E-state index is 14.4. The molecule has 0 amide bonds. The Labute approximate surface area is 147 Å². The predicted octanol–water partition coefficient (Wildman–Crippen LogP) is 6.50. The van der Waals surface area contributed by atoms with E-state index >= 15 is 0 Å². The zero-order chi connectivity index (χ0) is 17.1. The number of rotatable bonds is 5. The van der Waals surface area contributed by atoms with Crippen LogP contribution in [0.2, 0.25) is 10.0 Å². The molecule has 0 aliphatic rings. The van der Waals surface area contributed by atoms with E-state index in [1.807, 2.05) is 32.9 Å². The second-order valence-electron chi connectivity index (χ2n) is 6.10. The summed E-state index contributed by atoms with van der Waals surface area (Å²) in [4.78, 5) is 0. The van der Waals surface area contributed by atoms with Crippen molar-refractivity contribution >= 4 is 23.2 Å². The van der Waals surface area contributed by atoms with E-state index in [1.165, 1.54) is 0 Å². The summed E-state index contributed by atoms with van der Waals surface area (Å²) in [6, 6.07) is 7.07. The van der Waals surface area contributed by atoms with Crippen LogP contribution in [0, 0.1) is 5.82 Å². The smallest absolute Gasteiger partial charge is 0.145 e. The van der Waals surface area contributed by atoms with Crippen molar-refractivity contribution in [2.24, 2.45) is 0 Å². The first kappa shape index (κ1) is 18.1. The molecule has 0 spiro atoms. The van der Waals surface area contributed by atoms with Crippen LogP contribution >= 0.6 is 23.2 Å². The lowest BCUT2D eigenvalue weighted by molar-refractivity contribution is 0.464. The molecule has 0 bridgehead atoms. The van der Waals surface area contributed by atoms with Crippen LogP contribution in [0.5, 0.6) is 5.75 Å². The molecule has 0 fully saturated rings. The molecule has 1 N–H and O–H groups in total. The predicted molar refractivity (Wildman–Crippen MR) is 95.4 cm³/mol. The fourth-order valence-electron chi connectivity index (χ4n) is 2.68. The monoisotopic (exact) mass is 354 g/mol. The lowest BCUT2D eigenvalue weighted by Crippen LogP contribution is -1.99. The van der Waals surface area contributed by atoms with Gasteiger partial charge >= 0.3 is 0 Å². The zero-order valence-electron chi connectivity index (χ0n) is 13.6. The standard InChI is InChI=1S/C19H21Cl2FO/c1-4-5-13-10-16(20)15(18(21)19(13)22)9-12-6-7-17(23)14(8-12)11(2)3/h6-8,10-11,23H,4-5,9H2,1-3H3. The lowest BCUT2D eigenvalue weighted by Gasteiger charge is -2.14. The molecule has 0 heterocycles. The summed E-state index contributed by atoms with van der Waals surface area (Å²) in [7, 11) is 0. The molecule has 0 saturated heterocycles. The molecule has 2 aromatic rings. The Hall–Kier alpha value is -1.25. The number of aromatic hydroxyl groups is 1. The van der Waals surface area contributed by atoms with E-state index in [-0.39, 0.29) is 22.5 Å². The van der Waals surface area contributed by atoms with Crippen molar-refractivity contribution < 1.29 is 9.50 Å². The molecule has 124 valence electrons.